The monoisotopic (exact) mass is 590 g/mol. The van der Waals surface area contributed by atoms with Crippen molar-refractivity contribution in [3.63, 3.8) is 0 Å². The Labute approximate surface area is 234 Å². The van der Waals surface area contributed by atoms with Gasteiger partial charge in [0.15, 0.2) is 23.1 Å². The topological polar surface area (TPSA) is 98.9 Å². The summed E-state index contributed by atoms with van der Waals surface area (Å²) in [4.78, 5) is 16.8. The van der Waals surface area contributed by atoms with E-state index in [1.807, 2.05) is 20.8 Å². The molecule has 10 heteroatoms. The SMILES string of the molecule is Br.CCOc1cc2c(c(F)c1OCC)C(=N)N(CC(=O)c1cc(N(C)CC#N)c(OC)c(C(C)(C)C)c1)C2. The van der Waals surface area contributed by atoms with Crippen molar-refractivity contribution >= 4 is 34.3 Å². The lowest BCUT2D eigenvalue weighted by Gasteiger charge is -2.28. The Morgan fingerprint density at radius 2 is 1.84 bits per heavy atom. The summed E-state index contributed by atoms with van der Waals surface area (Å²) in [6.07, 6.45) is 0. The fraction of sp³-hybridized carbons (Fsp3) is 0.464. The van der Waals surface area contributed by atoms with Gasteiger partial charge in [-0.05, 0) is 43.0 Å². The fourth-order valence-corrected chi connectivity index (χ4v) is 4.44. The van der Waals surface area contributed by atoms with E-state index in [1.54, 1.807) is 56.0 Å². The van der Waals surface area contributed by atoms with Crippen LogP contribution in [0.1, 0.15) is 61.7 Å². The number of hydrogen-bond donors (Lipinski definition) is 1. The van der Waals surface area contributed by atoms with Crippen LogP contribution in [0, 0.1) is 22.6 Å². The van der Waals surface area contributed by atoms with Crippen molar-refractivity contribution < 1.29 is 23.4 Å². The van der Waals surface area contributed by atoms with Gasteiger partial charge >= 0.3 is 0 Å². The van der Waals surface area contributed by atoms with E-state index in [1.165, 1.54) is 0 Å². The first-order valence-electron chi connectivity index (χ1n) is 12.3. The van der Waals surface area contributed by atoms with Crippen LogP contribution in [-0.4, -0.2) is 57.0 Å². The molecular formula is C28H36BrFN4O4. The summed E-state index contributed by atoms with van der Waals surface area (Å²) in [5, 5.41) is 17.9. The zero-order valence-corrected chi connectivity index (χ0v) is 24.7. The number of hydrogen-bond acceptors (Lipinski definition) is 7. The number of nitriles is 1. The van der Waals surface area contributed by atoms with Crippen molar-refractivity contribution in [2.75, 3.05) is 45.4 Å². The number of ether oxygens (including phenoxy) is 3. The third-order valence-corrected chi connectivity index (χ3v) is 6.23. The molecular weight excluding hydrogens is 555 g/mol. The van der Waals surface area contributed by atoms with Crippen molar-refractivity contribution in [1.82, 2.24) is 4.90 Å². The van der Waals surface area contributed by atoms with Gasteiger partial charge in [0.05, 0.1) is 44.2 Å². The van der Waals surface area contributed by atoms with Gasteiger partial charge in [-0.2, -0.15) is 5.26 Å². The number of carbonyl (C=O) groups excluding carboxylic acids is 1. The first-order chi connectivity index (χ1) is 17.5. The predicted molar refractivity (Wildman–Crippen MR) is 151 cm³/mol. The first-order valence-corrected chi connectivity index (χ1v) is 12.3. The van der Waals surface area contributed by atoms with Gasteiger partial charge in [-0.3, -0.25) is 10.2 Å². The lowest BCUT2D eigenvalue weighted by molar-refractivity contribution is 0.0962. The molecule has 3 rings (SSSR count). The predicted octanol–water partition coefficient (Wildman–Crippen LogP) is 5.49. The van der Waals surface area contributed by atoms with E-state index in [9.17, 15) is 10.1 Å². The summed E-state index contributed by atoms with van der Waals surface area (Å²) in [6, 6.07) is 7.32. The number of fused-ring (bicyclic) bond motifs is 1. The number of nitrogens with one attached hydrogen (secondary N) is 1. The van der Waals surface area contributed by atoms with Crippen LogP contribution in [0.25, 0.3) is 0 Å². The number of Topliss-reactive ketones (excluding diaryl/α,β-unsaturated/α-hetero) is 1. The van der Waals surface area contributed by atoms with Gasteiger partial charge in [0.1, 0.15) is 18.1 Å². The van der Waals surface area contributed by atoms with Crippen LogP contribution in [0.3, 0.4) is 0 Å². The molecule has 0 radical (unpaired) electrons. The first kappa shape index (κ1) is 30.9. The summed E-state index contributed by atoms with van der Waals surface area (Å²) in [5.74, 6) is -0.0726. The molecule has 2 aromatic carbocycles. The van der Waals surface area contributed by atoms with Crippen LogP contribution >= 0.6 is 17.0 Å². The molecule has 1 N–H and O–H groups in total. The molecule has 2 aromatic rings. The van der Waals surface area contributed by atoms with Crippen molar-refractivity contribution in [1.29, 1.82) is 10.7 Å². The normalized spacial score (nSPS) is 12.4. The molecule has 0 saturated heterocycles. The maximum atomic E-state index is 15.4. The van der Waals surface area contributed by atoms with Crippen molar-refractivity contribution in [2.24, 2.45) is 0 Å². The Hall–Kier alpha value is -3.32. The van der Waals surface area contributed by atoms with Crippen molar-refractivity contribution in [3.8, 4) is 23.3 Å². The molecule has 0 atom stereocenters. The minimum absolute atomic E-state index is 0. The number of amidine groups is 1. The van der Waals surface area contributed by atoms with Gasteiger partial charge in [0.25, 0.3) is 0 Å². The highest BCUT2D eigenvalue weighted by molar-refractivity contribution is 8.93. The lowest BCUT2D eigenvalue weighted by atomic mass is 9.84. The molecule has 0 bridgehead atoms. The fourth-order valence-electron chi connectivity index (χ4n) is 4.44. The van der Waals surface area contributed by atoms with E-state index < -0.39 is 5.82 Å². The molecule has 0 fully saturated rings. The number of anilines is 1. The van der Waals surface area contributed by atoms with E-state index in [0.29, 0.717) is 29.2 Å². The molecule has 0 aliphatic carbocycles. The number of methoxy groups -OCH3 is 1. The third-order valence-electron chi connectivity index (χ3n) is 6.23. The van der Waals surface area contributed by atoms with Gasteiger partial charge in [-0.1, -0.05) is 20.8 Å². The van der Waals surface area contributed by atoms with Gasteiger partial charge in [0.2, 0.25) is 0 Å². The van der Waals surface area contributed by atoms with E-state index in [-0.39, 0.29) is 77.3 Å². The number of carbonyl (C=O) groups is 1. The second-order valence-electron chi connectivity index (χ2n) is 9.89. The maximum Gasteiger partial charge on any atom is 0.197 e. The molecule has 0 spiro atoms. The van der Waals surface area contributed by atoms with Crippen molar-refractivity contribution in [3.05, 3.63) is 46.3 Å². The smallest absolute Gasteiger partial charge is 0.197 e. The van der Waals surface area contributed by atoms with Crippen LogP contribution < -0.4 is 19.1 Å². The molecule has 0 amide bonds. The number of halogens is 2. The second-order valence-corrected chi connectivity index (χ2v) is 9.89. The maximum absolute atomic E-state index is 15.4. The highest BCUT2D eigenvalue weighted by atomic mass is 79.9. The Balaban J connectivity index is 0.00000507. The molecule has 1 heterocycles. The molecule has 206 valence electrons. The average molecular weight is 592 g/mol. The van der Waals surface area contributed by atoms with E-state index in [2.05, 4.69) is 6.07 Å². The molecule has 1 aliphatic rings. The molecule has 0 unspecified atom stereocenters. The van der Waals surface area contributed by atoms with Gasteiger partial charge in [-0.25, -0.2) is 4.39 Å². The number of rotatable bonds is 10. The molecule has 8 nitrogen and oxygen atoms in total. The Bertz CT molecular complexity index is 1250. The molecule has 1 aliphatic heterocycles. The van der Waals surface area contributed by atoms with E-state index >= 15 is 4.39 Å². The number of ketones is 1. The minimum Gasteiger partial charge on any atom is -0.494 e. The molecule has 0 saturated carbocycles. The summed E-state index contributed by atoms with van der Waals surface area (Å²) < 4.78 is 32.2. The van der Waals surface area contributed by atoms with Gasteiger partial charge < -0.3 is 24.0 Å². The van der Waals surface area contributed by atoms with Gasteiger partial charge in [-0.15, -0.1) is 17.0 Å². The van der Waals surface area contributed by atoms with Gasteiger partial charge in [0, 0.05) is 24.7 Å². The summed E-state index contributed by atoms with van der Waals surface area (Å²) in [6.45, 7) is 10.4. The zero-order chi connectivity index (χ0) is 27.5. The standard InChI is InChI=1S/C28H35FN4O4.BrH/c1-8-36-22-14-18-15-33(27(31)23(18)24(29)26(22)37-9-2)16-21(34)17-12-19(28(3,4)5)25(35-7)20(13-17)32(6)11-10-30;/h12-14,31H,8-9,11,15-16H2,1-7H3;1H. The Morgan fingerprint density at radius 1 is 1.18 bits per heavy atom. The Morgan fingerprint density at radius 3 is 2.39 bits per heavy atom. The van der Waals surface area contributed by atoms with Crippen LogP contribution in [0.2, 0.25) is 0 Å². The average Bonchev–Trinajstić information content (AvgIpc) is 3.15. The van der Waals surface area contributed by atoms with E-state index in [0.717, 1.165) is 5.56 Å². The van der Waals surface area contributed by atoms with Crippen LogP contribution in [0.5, 0.6) is 17.2 Å². The number of nitrogens with zero attached hydrogens (tertiary/aromatic N) is 3. The summed E-state index contributed by atoms with van der Waals surface area (Å²) in [7, 11) is 3.34. The van der Waals surface area contributed by atoms with Crippen LogP contribution in [0.15, 0.2) is 18.2 Å². The largest absolute Gasteiger partial charge is 0.494 e. The second kappa shape index (κ2) is 12.5. The number of benzene rings is 2. The highest BCUT2D eigenvalue weighted by Crippen LogP contribution is 2.41. The van der Waals surface area contributed by atoms with Crippen LogP contribution in [-0.2, 0) is 12.0 Å². The summed E-state index contributed by atoms with van der Waals surface area (Å²) in [5.41, 5.74) is 2.25. The van der Waals surface area contributed by atoms with E-state index in [4.69, 9.17) is 19.6 Å². The molecule has 0 aromatic heterocycles. The Kier molecular flexibility index (Phi) is 10.2. The quantitative estimate of drug-likeness (QED) is 0.288. The third kappa shape index (κ3) is 6.04. The van der Waals surface area contributed by atoms with Crippen molar-refractivity contribution in [2.45, 2.75) is 46.6 Å². The zero-order valence-electron chi connectivity index (χ0n) is 23.0. The van der Waals surface area contributed by atoms with Crippen LogP contribution in [0.4, 0.5) is 10.1 Å². The highest BCUT2D eigenvalue weighted by Gasteiger charge is 2.34. The molecule has 38 heavy (non-hydrogen) atoms. The lowest BCUT2D eigenvalue weighted by Crippen LogP contribution is -2.31. The summed E-state index contributed by atoms with van der Waals surface area (Å²) >= 11 is 0. The minimum atomic E-state index is -0.650.